The van der Waals surface area contributed by atoms with Gasteiger partial charge >= 0.3 is 5.97 Å². The number of aromatic nitrogens is 3. The number of aryl methyl sites for hydroxylation is 1. The number of nitrogens with zero attached hydrogens (tertiary/aromatic N) is 3. The molecule has 2 aromatic heterocycles. The number of esters is 1. The van der Waals surface area contributed by atoms with Gasteiger partial charge in [0.15, 0.2) is 5.82 Å². The van der Waals surface area contributed by atoms with Crippen LogP contribution in [0.25, 0.3) is 5.82 Å². The molecular weight excluding hydrogens is 320 g/mol. The lowest BCUT2D eigenvalue weighted by molar-refractivity contribution is -0.116. The molecule has 25 heavy (non-hydrogen) atoms. The van der Waals surface area contributed by atoms with E-state index in [2.05, 4.69) is 15.4 Å². The summed E-state index contributed by atoms with van der Waals surface area (Å²) in [5.41, 5.74) is 2.07. The summed E-state index contributed by atoms with van der Waals surface area (Å²) in [7, 11) is 0. The van der Waals surface area contributed by atoms with E-state index in [0.717, 1.165) is 11.3 Å². The van der Waals surface area contributed by atoms with Gasteiger partial charge in [-0.3, -0.25) is 4.79 Å². The number of hydrogen-bond acceptors (Lipinski definition) is 5. The van der Waals surface area contributed by atoms with Crippen molar-refractivity contribution in [2.75, 3.05) is 5.32 Å². The van der Waals surface area contributed by atoms with E-state index in [9.17, 15) is 9.59 Å². The van der Waals surface area contributed by atoms with Crippen LogP contribution >= 0.6 is 0 Å². The number of carbonyl (C=O) groups is 2. The van der Waals surface area contributed by atoms with Crippen LogP contribution in [0.1, 0.15) is 22.3 Å². The summed E-state index contributed by atoms with van der Waals surface area (Å²) in [6.07, 6.45) is 5.95. The van der Waals surface area contributed by atoms with Gasteiger partial charge in [-0.25, -0.2) is 14.5 Å². The number of ether oxygens (including phenoxy) is 1. The number of benzene rings is 1. The third kappa shape index (κ3) is 3.12. The summed E-state index contributed by atoms with van der Waals surface area (Å²) in [4.78, 5) is 27.9. The first kappa shape index (κ1) is 15.1. The van der Waals surface area contributed by atoms with E-state index in [1.807, 2.05) is 0 Å². The van der Waals surface area contributed by atoms with E-state index in [1.54, 1.807) is 53.5 Å². The van der Waals surface area contributed by atoms with Crippen molar-refractivity contribution in [2.24, 2.45) is 0 Å². The molecule has 7 heteroatoms. The molecule has 1 amide bonds. The van der Waals surface area contributed by atoms with Crippen LogP contribution in [-0.4, -0.2) is 26.6 Å². The van der Waals surface area contributed by atoms with Crippen molar-refractivity contribution in [3.8, 4) is 11.6 Å². The molecule has 0 unspecified atom stereocenters. The quantitative estimate of drug-likeness (QED) is 0.587. The number of nitrogens with one attached hydrogen (secondary N) is 1. The van der Waals surface area contributed by atoms with Crippen molar-refractivity contribution in [3.05, 3.63) is 66.1 Å². The molecule has 3 heterocycles. The van der Waals surface area contributed by atoms with E-state index in [-0.39, 0.29) is 5.91 Å². The first-order chi connectivity index (χ1) is 12.2. The normalized spacial score (nSPS) is 13.0. The maximum Gasteiger partial charge on any atom is 0.345 e. The molecule has 1 aliphatic heterocycles. The van der Waals surface area contributed by atoms with Crippen LogP contribution in [0.2, 0.25) is 0 Å². The summed E-state index contributed by atoms with van der Waals surface area (Å²) in [5.74, 6) is 0.571. The van der Waals surface area contributed by atoms with Crippen LogP contribution in [0, 0.1) is 0 Å². The van der Waals surface area contributed by atoms with Crippen LogP contribution < -0.4 is 10.1 Å². The van der Waals surface area contributed by atoms with Crippen molar-refractivity contribution in [2.45, 2.75) is 12.8 Å². The Hall–Kier alpha value is -3.48. The molecule has 0 aliphatic carbocycles. The Bertz CT molecular complexity index is 933. The molecule has 4 rings (SSSR count). The summed E-state index contributed by atoms with van der Waals surface area (Å²) in [6.45, 7) is 0. The first-order valence-corrected chi connectivity index (χ1v) is 7.80. The van der Waals surface area contributed by atoms with Gasteiger partial charge in [-0.1, -0.05) is 0 Å². The second kappa shape index (κ2) is 6.20. The Morgan fingerprint density at radius 3 is 2.88 bits per heavy atom. The number of hydrogen-bond donors (Lipinski definition) is 1. The number of amides is 1. The smallest absolute Gasteiger partial charge is 0.345 e. The van der Waals surface area contributed by atoms with Crippen LogP contribution in [0.5, 0.6) is 5.75 Å². The number of anilines is 1. The highest BCUT2D eigenvalue weighted by Gasteiger charge is 2.16. The minimum Gasteiger partial charge on any atom is -0.423 e. The fourth-order valence-electron chi connectivity index (χ4n) is 2.64. The fraction of sp³-hybridized carbons (Fsp3) is 0.111. The molecular formula is C18H14N4O3. The van der Waals surface area contributed by atoms with Crippen molar-refractivity contribution in [3.63, 3.8) is 0 Å². The fourth-order valence-corrected chi connectivity index (χ4v) is 2.64. The number of pyridine rings is 1. The largest absolute Gasteiger partial charge is 0.423 e. The van der Waals surface area contributed by atoms with Gasteiger partial charge in [0.1, 0.15) is 5.75 Å². The number of carbonyl (C=O) groups excluding carboxylic acids is 2. The van der Waals surface area contributed by atoms with Gasteiger partial charge in [0.25, 0.3) is 0 Å². The monoisotopic (exact) mass is 334 g/mol. The van der Waals surface area contributed by atoms with Gasteiger partial charge in [-0.05, 0) is 48.4 Å². The summed E-state index contributed by atoms with van der Waals surface area (Å²) < 4.78 is 7.01. The molecule has 7 nitrogen and oxygen atoms in total. The molecule has 0 radical (unpaired) electrons. The second-order valence-corrected chi connectivity index (χ2v) is 5.61. The highest BCUT2D eigenvalue weighted by Crippen LogP contribution is 2.27. The zero-order valence-corrected chi connectivity index (χ0v) is 13.2. The second-order valence-electron chi connectivity index (χ2n) is 5.61. The molecule has 124 valence electrons. The number of rotatable bonds is 3. The zero-order chi connectivity index (χ0) is 17.2. The SMILES string of the molecule is O=C1CCc2cc(OC(=O)c3ccc(-n4cccn4)nc3)ccc2N1. The summed E-state index contributed by atoms with van der Waals surface area (Å²) in [6, 6.07) is 10.3. The predicted molar refractivity (Wildman–Crippen MR) is 89.7 cm³/mol. The summed E-state index contributed by atoms with van der Waals surface area (Å²) >= 11 is 0. The van der Waals surface area contributed by atoms with Gasteiger partial charge in [0, 0.05) is 30.7 Å². The van der Waals surface area contributed by atoms with Crippen LogP contribution in [0.3, 0.4) is 0 Å². The Labute approximate surface area is 143 Å². The van der Waals surface area contributed by atoms with Gasteiger partial charge in [0.2, 0.25) is 5.91 Å². The number of fused-ring (bicyclic) bond motifs is 1. The van der Waals surface area contributed by atoms with E-state index in [0.29, 0.717) is 30.0 Å². The van der Waals surface area contributed by atoms with Gasteiger partial charge in [0.05, 0.1) is 5.56 Å². The van der Waals surface area contributed by atoms with Crippen molar-refractivity contribution in [1.82, 2.24) is 14.8 Å². The lowest BCUT2D eigenvalue weighted by atomic mass is 10.0. The molecule has 0 saturated heterocycles. The van der Waals surface area contributed by atoms with Gasteiger partial charge < -0.3 is 10.1 Å². The van der Waals surface area contributed by atoms with E-state index >= 15 is 0 Å². The highest BCUT2D eigenvalue weighted by molar-refractivity contribution is 5.94. The maximum absolute atomic E-state index is 12.3. The Kier molecular flexibility index (Phi) is 3.74. The Morgan fingerprint density at radius 1 is 1.20 bits per heavy atom. The first-order valence-electron chi connectivity index (χ1n) is 7.80. The molecule has 1 aromatic carbocycles. The van der Waals surface area contributed by atoms with E-state index in [4.69, 9.17) is 4.74 Å². The maximum atomic E-state index is 12.3. The molecule has 0 fully saturated rings. The van der Waals surface area contributed by atoms with Gasteiger partial charge in [-0.2, -0.15) is 5.10 Å². The molecule has 0 bridgehead atoms. The van der Waals surface area contributed by atoms with Crippen molar-refractivity contribution in [1.29, 1.82) is 0 Å². The van der Waals surface area contributed by atoms with E-state index < -0.39 is 5.97 Å². The molecule has 3 aromatic rings. The van der Waals surface area contributed by atoms with Crippen molar-refractivity contribution >= 4 is 17.6 Å². The minimum absolute atomic E-state index is 0.000547. The Balaban J connectivity index is 1.49. The van der Waals surface area contributed by atoms with Crippen LogP contribution in [0.15, 0.2) is 55.0 Å². The molecule has 0 saturated carbocycles. The van der Waals surface area contributed by atoms with Crippen LogP contribution in [-0.2, 0) is 11.2 Å². The zero-order valence-electron chi connectivity index (χ0n) is 13.2. The molecule has 1 N–H and O–H groups in total. The molecule has 1 aliphatic rings. The van der Waals surface area contributed by atoms with Crippen molar-refractivity contribution < 1.29 is 14.3 Å². The third-order valence-corrected chi connectivity index (χ3v) is 3.91. The minimum atomic E-state index is -0.487. The Morgan fingerprint density at radius 2 is 2.12 bits per heavy atom. The lowest BCUT2D eigenvalue weighted by Crippen LogP contribution is -2.19. The average molecular weight is 334 g/mol. The average Bonchev–Trinajstić information content (AvgIpc) is 3.17. The topological polar surface area (TPSA) is 86.1 Å². The standard InChI is InChI=1S/C18H14N4O3/c23-17-7-3-12-10-14(4-5-15(12)21-17)25-18(24)13-2-6-16(19-11-13)22-9-1-8-20-22/h1-2,4-6,8-11H,3,7H2,(H,21,23). The van der Waals surface area contributed by atoms with Crippen LogP contribution in [0.4, 0.5) is 5.69 Å². The van der Waals surface area contributed by atoms with E-state index in [1.165, 1.54) is 6.20 Å². The van der Waals surface area contributed by atoms with Gasteiger partial charge in [-0.15, -0.1) is 0 Å². The lowest BCUT2D eigenvalue weighted by Gasteiger charge is -2.17. The highest BCUT2D eigenvalue weighted by atomic mass is 16.5. The predicted octanol–water partition coefficient (Wildman–Crippen LogP) is 2.37. The summed E-state index contributed by atoms with van der Waals surface area (Å²) in [5, 5.41) is 6.88. The molecule has 0 atom stereocenters. The third-order valence-electron chi connectivity index (χ3n) is 3.91. The molecule has 0 spiro atoms.